The number of aromatic nitrogens is 6. The van der Waals surface area contributed by atoms with Crippen molar-refractivity contribution < 1.29 is 4.74 Å². The number of fused-ring (bicyclic) bond motifs is 3. The normalized spacial score (nSPS) is 11.9. The number of methoxy groups -OCH3 is 1. The molecule has 0 aliphatic rings. The van der Waals surface area contributed by atoms with Gasteiger partial charge < -0.3 is 15.5 Å². The Labute approximate surface area is 183 Å². The molecule has 9 nitrogen and oxygen atoms in total. The summed E-state index contributed by atoms with van der Waals surface area (Å²) < 4.78 is 6.63. The molecule has 1 aromatic carbocycles. The van der Waals surface area contributed by atoms with E-state index in [0.29, 0.717) is 33.4 Å². The molecule has 0 aliphatic carbocycles. The number of nitrogens with two attached hydrogens (primary N) is 1. The van der Waals surface area contributed by atoms with Gasteiger partial charge in [-0.3, -0.25) is 9.55 Å². The van der Waals surface area contributed by atoms with Gasteiger partial charge in [0, 0.05) is 23.5 Å². The Bertz CT molecular complexity index is 1490. The molecule has 5 rings (SSSR count). The third-order valence-electron chi connectivity index (χ3n) is 5.33. The number of nitrogens with one attached hydrogen (secondary N) is 1. The Hall–Kier alpha value is -4.11. The van der Waals surface area contributed by atoms with E-state index in [1.807, 2.05) is 50.2 Å². The van der Waals surface area contributed by atoms with Crippen LogP contribution in [0.3, 0.4) is 0 Å². The topological polar surface area (TPSA) is 125 Å². The molecule has 0 radical (unpaired) electrons. The quantitative estimate of drug-likeness (QED) is 0.452. The highest BCUT2D eigenvalue weighted by Crippen LogP contribution is 2.27. The molecule has 32 heavy (non-hydrogen) atoms. The zero-order chi connectivity index (χ0) is 22.5. The lowest BCUT2D eigenvalue weighted by Gasteiger charge is -2.19. The summed E-state index contributed by atoms with van der Waals surface area (Å²) in [4.78, 5) is 33.3. The van der Waals surface area contributed by atoms with Crippen LogP contribution in [0.15, 0.2) is 59.8 Å². The van der Waals surface area contributed by atoms with Crippen molar-refractivity contribution in [2.45, 2.75) is 19.4 Å². The van der Waals surface area contributed by atoms with Crippen molar-refractivity contribution in [1.82, 2.24) is 29.5 Å². The van der Waals surface area contributed by atoms with Crippen LogP contribution < -0.4 is 16.2 Å². The molecule has 4 heterocycles. The van der Waals surface area contributed by atoms with Crippen LogP contribution in [0.2, 0.25) is 0 Å². The molecule has 160 valence electrons. The fourth-order valence-electron chi connectivity index (χ4n) is 3.64. The number of aromatic amines is 1. The van der Waals surface area contributed by atoms with Gasteiger partial charge in [0.2, 0.25) is 0 Å². The summed E-state index contributed by atoms with van der Waals surface area (Å²) in [6.07, 6.45) is 4.93. The van der Waals surface area contributed by atoms with Crippen LogP contribution in [0.1, 0.15) is 19.4 Å². The molecule has 0 spiro atoms. The number of nitrogens with zero attached hydrogens (tertiary/aromatic N) is 5. The van der Waals surface area contributed by atoms with Crippen molar-refractivity contribution in [3.8, 4) is 23.0 Å². The number of H-pyrrole nitrogens is 1. The Morgan fingerprint density at radius 3 is 2.38 bits per heavy atom. The van der Waals surface area contributed by atoms with E-state index in [2.05, 4.69) is 19.9 Å². The van der Waals surface area contributed by atoms with E-state index in [1.54, 1.807) is 23.2 Å². The molecule has 0 fully saturated rings. The number of rotatable bonds is 4. The first-order valence-corrected chi connectivity index (χ1v) is 10.0. The van der Waals surface area contributed by atoms with Crippen LogP contribution in [0.5, 0.6) is 6.01 Å². The minimum Gasteiger partial charge on any atom is -0.467 e. The summed E-state index contributed by atoms with van der Waals surface area (Å²) >= 11 is 0. The van der Waals surface area contributed by atoms with E-state index in [9.17, 15) is 4.79 Å². The number of pyridine rings is 2. The van der Waals surface area contributed by atoms with Gasteiger partial charge in [-0.1, -0.05) is 12.1 Å². The first-order chi connectivity index (χ1) is 15.3. The Kier molecular flexibility index (Phi) is 4.49. The van der Waals surface area contributed by atoms with Crippen LogP contribution in [0.25, 0.3) is 39.0 Å². The number of imidazole rings is 1. The Morgan fingerprint density at radius 2 is 1.72 bits per heavy atom. The first kappa shape index (κ1) is 19.8. The van der Waals surface area contributed by atoms with Crippen LogP contribution >= 0.6 is 0 Å². The minimum absolute atomic E-state index is 0.269. The molecule has 3 N–H and O–H groups in total. The summed E-state index contributed by atoms with van der Waals surface area (Å²) in [5.41, 5.74) is 11.0. The fraction of sp³-hybridized carbons (Fsp3) is 0.174. The maximum atomic E-state index is 12.9. The van der Waals surface area contributed by atoms with E-state index in [1.165, 1.54) is 7.11 Å². The van der Waals surface area contributed by atoms with Crippen LogP contribution in [0, 0.1) is 0 Å². The summed E-state index contributed by atoms with van der Waals surface area (Å²) in [7, 11) is 1.51. The Balaban J connectivity index is 1.72. The van der Waals surface area contributed by atoms with Crippen LogP contribution in [0.4, 0.5) is 0 Å². The average Bonchev–Trinajstić information content (AvgIpc) is 3.14. The summed E-state index contributed by atoms with van der Waals surface area (Å²) in [6, 6.07) is 11.6. The largest absolute Gasteiger partial charge is 0.467 e. The summed E-state index contributed by atoms with van der Waals surface area (Å²) in [5.74, 6) is 0. The highest BCUT2D eigenvalue weighted by molar-refractivity contribution is 6.00. The molecule has 0 saturated carbocycles. The second-order valence-electron chi connectivity index (χ2n) is 8.08. The maximum absolute atomic E-state index is 12.9. The summed E-state index contributed by atoms with van der Waals surface area (Å²) in [6.45, 7) is 3.88. The second kappa shape index (κ2) is 7.24. The smallest absolute Gasteiger partial charge is 0.331 e. The van der Waals surface area contributed by atoms with E-state index >= 15 is 0 Å². The molecule has 0 bridgehead atoms. The molecule has 4 aromatic heterocycles. The van der Waals surface area contributed by atoms with E-state index < -0.39 is 5.54 Å². The lowest BCUT2D eigenvalue weighted by molar-refractivity contribution is 0.380. The SMILES string of the molecule is COc1ncc(-c2ccc3ncc4[nH]c(=O)n(-c5ccc(C(C)(C)N)cc5)c4c3n2)cn1. The predicted octanol–water partition coefficient (Wildman–Crippen LogP) is 2.92. The molecular weight excluding hydrogens is 406 g/mol. The fourth-order valence-corrected chi connectivity index (χ4v) is 3.64. The maximum Gasteiger partial charge on any atom is 0.331 e. The minimum atomic E-state index is -0.475. The van der Waals surface area contributed by atoms with Gasteiger partial charge in [0.25, 0.3) is 0 Å². The zero-order valence-corrected chi connectivity index (χ0v) is 17.8. The molecule has 0 saturated heterocycles. The third-order valence-corrected chi connectivity index (χ3v) is 5.33. The summed E-state index contributed by atoms with van der Waals surface area (Å²) in [5, 5.41) is 0. The van der Waals surface area contributed by atoms with Crippen molar-refractivity contribution in [2.24, 2.45) is 5.73 Å². The highest BCUT2D eigenvalue weighted by atomic mass is 16.5. The second-order valence-corrected chi connectivity index (χ2v) is 8.08. The molecule has 0 unspecified atom stereocenters. The lowest BCUT2D eigenvalue weighted by Crippen LogP contribution is -2.28. The van der Waals surface area contributed by atoms with Crippen molar-refractivity contribution in [1.29, 1.82) is 0 Å². The Morgan fingerprint density at radius 1 is 1.00 bits per heavy atom. The van der Waals surface area contributed by atoms with Crippen molar-refractivity contribution >= 4 is 22.1 Å². The van der Waals surface area contributed by atoms with Crippen LogP contribution in [-0.4, -0.2) is 36.6 Å². The van der Waals surface area contributed by atoms with Crippen molar-refractivity contribution in [3.05, 3.63) is 71.0 Å². The number of benzene rings is 1. The number of hydrogen-bond acceptors (Lipinski definition) is 7. The van der Waals surface area contributed by atoms with Gasteiger partial charge in [-0.05, 0) is 43.7 Å². The van der Waals surface area contributed by atoms with Gasteiger partial charge in [-0.15, -0.1) is 0 Å². The number of ether oxygens (including phenoxy) is 1. The van der Waals surface area contributed by atoms with Gasteiger partial charge in [0.15, 0.2) is 0 Å². The van der Waals surface area contributed by atoms with E-state index in [4.69, 9.17) is 15.5 Å². The van der Waals surface area contributed by atoms with Crippen molar-refractivity contribution in [2.75, 3.05) is 7.11 Å². The standard InChI is InChI=1S/C23H21N7O2/c1-23(2,24)14-4-6-15(7-5-14)30-20-18(29-22(30)31)12-25-17-9-8-16(28-19(17)20)13-10-26-21(32-3)27-11-13/h4-12H,24H2,1-3H3,(H,29,31). The third kappa shape index (κ3) is 3.28. The molecule has 5 aromatic rings. The number of hydrogen-bond donors (Lipinski definition) is 2. The highest BCUT2D eigenvalue weighted by Gasteiger charge is 2.17. The lowest BCUT2D eigenvalue weighted by atomic mass is 9.95. The van der Waals surface area contributed by atoms with E-state index in [-0.39, 0.29) is 11.7 Å². The monoisotopic (exact) mass is 427 g/mol. The predicted molar refractivity (Wildman–Crippen MR) is 122 cm³/mol. The van der Waals surface area contributed by atoms with Gasteiger partial charge >= 0.3 is 11.7 Å². The first-order valence-electron chi connectivity index (χ1n) is 10.0. The molecular formula is C23H21N7O2. The molecule has 0 amide bonds. The zero-order valence-electron chi connectivity index (χ0n) is 17.8. The van der Waals surface area contributed by atoms with Crippen LogP contribution in [-0.2, 0) is 5.54 Å². The molecule has 0 atom stereocenters. The molecule has 0 aliphatic heterocycles. The average molecular weight is 427 g/mol. The van der Waals surface area contributed by atoms with E-state index in [0.717, 1.165) is 11.1 Å². The van der Waals surface area contributed by atoms with Gasteiger partial charge in [0.05, 0.1) is 35.7 Å². The van der Waals surface area contributed by atoms with Gasteiger partial charge in [0.1, 0.15) is 11.0 Å². The van der Waals surface area contributed by atoms with Crippen molar-refractivity contribution in [3.63, 3.8) is 0 Å². The van der Waals surface area contributed by atoms with Gasteiger partial charge in [-0.25, -0.2) is 19.7 Å². The van der Waals surface area contributed by atoms with Gasteiger partial charge in [-0.2, -0.15) is 0 Å². The molecule has 9 heteroatoms.